The number of halogens is 1. The van der Waals surface area contributed by atoms with E-state index in [4.69, 9.17) is 16.7 Å². The zero-order chi connectivity index (χ0) is 15.5. The van der Waals surface area contributed by atoms with Crippen LogP contribution < -0.4 is 4.72 Å². The molecule has 0 saturated heterocycles. The molecule has 0 atom stereocenters. The summed E-state index contributed by atoms with van der Waals surface area (Å²) in [5.74, 6) is -0.160. The summed E-state index contributed by atoms with van der Waals surface area (Å²) in [6.45, 7) is 1.64. The molecule has 4 nitrogen and oxygen atoms in total. The molecule has 0 radical (unpaired) electrons. The normalized spacial score (nSPS) is 11.4. The summed E-state index contributed by atoms with van der Waals surface area (Å²) >= 11 is 5.98. The lowest BCUT2D eigenvalue weighted by atomic mass is 10.1. The molecule has 0 unspecified atom stereocenters. The number of hydrogen-bond donors (Lipinski definition) is 2. The van der Waals surface area contributed by atoms with Crippen LogP contribution in [-0.4, -0.2) is 13.5 Å². The maximum atomic E-state index is 12.2. The van der Waals surface area contributed by atoms with Crippen LogP contribution in [0.5, 0.6) is 0 Å². The molecular formula is C15H16ClNO3S. The highest BCUT2D eigenvalue weighted by atomic mass is 35.5. The van der Waals surface area contributed by atoms with Crippen molar-refractivity contribution in [2.75, 3.05) is 4.72 Å². The summed E-state index contributed by atoms with van der Waals surface area (Å²) in [5, 5.41) is 9.59. The number of hydrogen-bond acceptors (Lipinski definition) is 3. The number of aliphatic hydroxyl groups excluding tert-OH is 1. The minimum atomic E-state index is -3.54. The molecule has 0 spiro atoms. The van der Waals surface area contributed by atoms with E-state index in [9.17, 15) is 8.42 Å². The maximum absolute atomic E-state index is 12.2. The van der Waals surface area contributed by atoms with Gasteiger partial charge in [0.1, 0.15) is 0 Å². The maximum Gasteiger partial charge on any atom is 0.236 e. The predicted molar refractivity (Wildman–Crippen MR) is 84.8 cm³/mol. The standard InChI is InChI=1S/C15H16ClNO3S/c1-11-14(16)6-3-7-15(11)17-21(19,20)10-13-5-2-4-12(8-13)9-18/h2-8,17-18H,9-10H2,1H3. The Hall–Kier alpha value is -1.56. The zero-order valence-corrected chi connectivity index (χ0v) is 13.1. The van der Waals surface area contributed by atoms with E-state index in [1.807, 2.05) is 0 Å². The summed E-state index contributed by atoms with van der Waals surface area (Å²) in [5.41, 5.74) is 2.46. The van der Waals surface area contributed by atoms with E-state index in [1.165, 1.54) is 0 Å². The molecule has 0 fully saturated rings. The number of anilines is 1. The number of benzene rings is 2. The molecule has 2 N–H and O–H groups in total. The molecule has 2 aromatic rings. The van der Waals surface area contributed by atoms with Crippen LogP contribution in [0.2, 0.25) is 5.02 Å². The van der Waals surface area contributed by atoms with Crippen LogP contribution in [0.15, 0.2) is 42.5 Å². The van der Waals surface area contributed by atoms with Gasteiger partial charge >= 0.3 is 0 Å². The van der Waals surface area contributed by atoms with Crippen LogP contribution in [0.25, 0.3) is 0 Å². The summed E-state index contributed by atoms with van der Waals surface area (Å²) in [4.78, 5) is 0. The van der Waals surface area contributed by atoms with Crippen LogP contribution in [0.1, 0.15) is 16.7 Å². The first-order valence-electron chi connectivity index (χ1n) is 6.35. The van der Waals surface area contributed by atoms with Gasteiger partial charge in [-0.2, -0.15) is 0 Å². The molecule has 0 aliphatic carbocycles. The van der Waals surface area contributed by atoms with Crippen molar-refractivity contribution in [3.8, 4) is 0 Å². The quantitative estimate of drug-likeness (QED) is 0.887. The van der Waals surface area contributed by atoms with E-state index in [0.29, 0.717) is 27.4 Å². The van der Waals surface area contributed by atoms with Crippen molar-refractivity contribution in [1.29, 1.82) is 0 Å². The fraction of sp³-hybridized carbons (Fsp3) is 0.200. The number of aliphatic hydroxyl groups is 1. The molecule has 0 saturated carbocycles. The Balaban J connectivity index is 2.20. The van der Waals surface area contributed by atoms with E-state index >= 15 is 0 Å². The monoisotopic (exact) mass is 325 g/mol. The second kappa shape index (κ2) is 6.47. The third-order valence-corrected chi connectivity index (χ3v) is 4.72. The summed E-state index contributed by atoms with van der Waals surface area (Å²) < 4.78 is 27.0. The Labute approximate surface area is 129 Å². The van der Waals surface area contributed by atoms with Gasteiger partial charge in [-0.15, -0.1) is 0 Å². The first kappa shape index (κ1) is 15.8. The Kier molecular flexibility index (Phi) is 4.88. The van der Waals surface area contributed by atoms with Crippen molar-refractivity contribution in [3.63, 3.8) is 0 Å². The second-order valence-electron chi connectivity index (χ2n) is 4.75. The average Bonchev–Trinajstić information content (AvgIpc) is 2.43. The van der Waals surface area contributed by atoms with E-state index in [-0.39, 0.29) is 12.4 Å². The summed E-state index contributed by atoms with van der Waals surface area (Å²) in [6, 6.07) is 11.9. The van der Waals surface area contributed by atoms with Gasteiger partial charge in [0.05, 0.1) is 18.0 Å². The average molecular weight is 326 g/mol. The first-order valence-corrected chi connectivity index (χ1v) is 8.38. The summed E-state index contributed by atoms with van der Waals surface area (Å²) in [6.07, 6.45) is 0. The highest BCUT2D eigenvalue weighted by Crippen LogP contribution is 2.24. The van der Waals surface area contributed by atoms with Crippen LogP contribution in [0.4, 0.5) is 5.69 Å². The third-order valence-electron chi connectivity index (χ3n) is 3.06. The van der Waals surface area contributed by atoms with Crippen LogP contribution in [0.3, 0.4) is 0 Å². The minimum Gasteiger partial charge on any atom is -0.392 e. The fourth-order valence-electron chi connectivity index (χ4n) is 1.96. The highest BCUT2D eigenvalue weighted by molar-refractivity contribution is 7.91. The van der Waals surface area contributed by atoms with Crippen molar-refractivity contribution < 1.29 is 13.5 Å². The SMILES string of the molecule is Cc1c(Cl)cccc1NS(=O)(=O)Cc1cccc(CO)c1. The van der Waals surface area contributed by atoms with Gasteiger partial charge < -0.3 is 5.11 Å². The van der Waals surface area contributed by atoms with Gasteiger partial charge in [-0.05, 0) is 35.7 Å². The Morgan fingerprint density at radius 2 is 1.81 bits per heavy atom. The van der Waals surface area contributed by atoms with Gasteiger partial charge in [0.2, 0.25) is 10.0 Å². The molecule has 0 aromatic heterocycles. The van der Waals surface area contributed by atoms with E-state index in [1.54, 1.807) is 49.4 Å². The largest absolute Gasteiger partial charge is 0.392 e. The molecule has 0 aliphatic rings. The van der Waals surface area contributed by atoms with Gasteiger partial charge in [-0.1, -0.05) is 41.9 Å². The number of nitrogens with one attached hydrogen (secondary N) is 1. The molecule has 2 rings (SSSR count). The molecule has 0 heterocycles. The Bertz CT molecular complexity index is 744. The van der Waals surface area contributed by atoms with Crippen molar-refractivity contribution in [3.05, 3.63) is 64.2 Å². The topological polar surface area (TPSA) is 66.4 Å². The lowest BCUT2D eigenvalue weighted by Crippen LogP contribution is -2.16. The predicted octanol–water partition coefficient (Wildman–Crippen LogP) is 3.08. The molecule has 6 heteroatoms. The zero-order valence-electron chi connectivity index (χ0n) is 11.5. The van der Waals surface area contributed by atoms with E-state index in [2.05, 4.69) is 4.72 Å². The smallest absolute Gasteiger partial charge is 0.236 e. The summed E-state index contributed by atoms with van der Waals surface area (Å²) in [7, 11) is -3.54. The molecule has 2 aromatic carbocycles. The number of rotatable bonds is 5. The molecular weight excluding hydrogens is 310 g/mol. The Morgan fingerprint density at radius 1 is 1.14 bits per heavy atom. The number of sulfonamides is 1. The van der Waals surface area contributed by atoms with Crippen LogP contribution >= 0.6 is 11.6 Å². The van der Waals surface area contributed by atoms with Crippen LogP contribution in [0, 0.1) is 6.92 Å². The fourth-order valence-corrected chi connectivity index (χ4v) is 3.38. The second-order valence-corrected chi connectivity index (χ2v) is 6.88. The van der Waals surface area contributed by atoms with Gasteiger partial charge in [0, 0.05) is 5.02 Å². The highest BCUT2D eigenvalue weighted by Gasteiger charge is 2.14. The molecule has 0 aliphatic heterocycles. The third kappa shape index (κ3) is 4.20. The van der Waals surface area contributed by atoms with Gasteiger partial charge in [-0.3, -0.25) is 4.72 Å². The van der Waals surface area contributed by atoms with Gasteiger partial charge in [-0.25, -0.2) is 8.42 Å². The molecule has 0 bridgehead atoms. The van der Waals surface area contributed by atoms with Crippen molar-refractivity contribution in [2.45, 2.75) is 19.3 Å². The van der Waals surface area contributed by atoms with Crippen LogP contribution in [-0.2, 0) is 22.4 Å². The van der Waals surface area contributed by atoms with Gasteiger partial charge in [0.15, 0.2) is 0 Å². The lowest BCUT2D eigenvalue weighted by molar-refractivity contribution is 0.282. The van der Waals surface area contributed by atoms with E-state index in [0.717, 1.165) is 0 Å². The molecule has 21 heavy (non-hydrogen) atoms. The first-order chi connectivity index (χ1) is 9.91. The Morgan fingerprint density at radius 3 is 2.52 bits per heavy atom. The minimum absolute atomic E-state index is 0.116. The van der Waals surface area contributed by atoms with Crippen molar-refractivity contribution in [2.24, 2.45) is 0 Å². The van der Waals surface area contributed by atoms with Crippen molar-refractivity contribution in [1.82, 2.24) is 0 Å². The van der Waals surface area contributed by atoms with Crippen molar-refractivity contribution >= 4 is 27.3 Å². The molecule has 0 amide bonds. The van der Waals surface area contributed by atoms with E-state index < -0.39 is 10.0 Å². The molecule has 112 valence electrons. The van der Waals surface area contributed by atoms with Gasteiger partial charge in [0.25, 0.3) is 0 Å². The lowest BCUT2D eigenvalue weighted by Gasteiger charge is -2.11.